The number of nitrogens with zero attached hydrogens (tertiary/aromatic N) is 2. The summed E-state index contributed by atoms with van der Waals surface area (Å²) in [5, 5.41) is 1.32. The Balaban J connectivity index is 2.10. The van der Waals surface area contributed by atoms with Gasteiger partial charge in [-0.25, -0.2) is 4.98 Å². The molecular formula is C21H20N2. The third-order valence-corrected chi connectivity index (χ3v) is 4.50. The zero-order valence-corrected chi connectivity index (χ0v) is 13.6. The molecule has 0 atom stereocenters. The Labute approximate surface area is 136 Å². The standard InChI is InChI=1S/C21H20N2/c1-3-9-18-21-15(2)17-12-7-8-13-20(17)23(21)14-19(22-18)16-10-5-4-6-11-16/h4-8,10-14H,3,9H2,1-2H3. The Kier molecular flexibility index (Phi) is 3.38. The van der Waals surface area contributed by atoms with E-state index in [0.29, 0.717) is 0 Å². The molecule has 0 aliphatic carbocycles. The largest absolute Gasteiger partial charge is 0.312 e. The summed E-state index contributed by atoms with van der Waals surface area (Å²) in [6.07, 6.45) is 4.28. The molecular weight excluding hydrogens is 280 g/mol. The van der Waals surface area contributed by atoms with Crippen LogP contribution in [0.25, 0.3) is 27.7 Å². The molecule has 0 aliphatic heterocycles. The number of benzene rings is 2. The zero-order chi connectivity index (χ0) is 15.8. The minimum absolute atomic E-state index is 1.00. The molecule has 0 saturated carbocycles. The maximum atomic E-state index is 5.00. The van der Waals surface area contributed by atoms with E-state index in [4.69, 9.17) is 4.98 Å². The van der Waals surface area contributed by atoms with Gasteiger partial charge in [0, 0.05) is 17.1 Å². The number of aromatic nitrogens is 2. The van der Waals surface area contributed by atoms with Crippen LogP contribution in [0.2, 0.25) is 0 Å². The molecule has 0 spiro atoms. The maximum Gasteiger partial charge on any atom is 0.0872 e. The molecule has 0 saturated heterocycles. The van der Waals surface area contributed by atoms with Crippen molar-refractivity contribution in [3.8, 4) is 11.3 Å². The first-order valence-electron chi connectivity index (χ1n) is 8.24. The van der Waals surface area contributed by atoms with Gasteiger partial charge in [-0.15, -0.1) is 0 Å². The Hall–Kier alpha value is -2.61. The molecule has 2 aromatic carbocycles. The minimum atomic E-state index is 1.00. The first kappa shape index (κ1) is 14.0. The van der Waals surface area contributed by atoms with Gasteiger partial charge in [-0.05, 0) is 25.0 Å². The average Bonchev–Trinajstić information content (AvgIpc) is 2.89. The summed E-state index contributed by atoms with van der Waals surface area (Å²) < 4.78 is 2.32. The highest BCUT2D eigenvalue weighted by Crippen LogP contribution is 2.30. The minimum Gasteiger partial charge on any atom is -0.312 e. The molecule has 0 bridgehead atoms. The van der Waals surface area contributed by atoms with Crippen molar-refractivity contribution in [3.63, 3.8) is 0 Å². The van der Waals surface area contributed by atoms with Gasteiger partial charge in [0.05, 0.1) is 22.4 Å². The van der Waals surface area contributed by atoms with Crippen LogP contribution in [0.3, 0.4) is 0 Å². The van der Waals surface area contributed by atoms with Crippen LogP contribution in [0.1, 0.15) is 24.6 Å². The van der Waals surface area contributed by atoms with Crippen LogP contribution in [-0.4, -0.2) is 9.38 Å². The van der Waals surface area contributed by atoms with E-state index >= 15 is 0 Å². The fourth-order valence-corrected chi connectivity index (χ4v) is 3.43. The molecule has 4 rings (SSSR count). The second-order valence-electron chi connectivity index (χ2n) is 6.05. The second-order valence-corrected chi connectivity index (χ2v) is 6.05. The van der Waals surface area contributed by atoms with Crippen molar-refractivity contribution in [2.45, 2.75) is 26.7 Å². The number of hydrogen-bond donors (Lipinski definition) is 0. The van der Waals surface area contributed by atoms with Gasteiger partial charge in [-0.2, -0.15) is 0 Å². The lowest BCUT2D eigenvalue weighted by Crippen LogP contribution is -1.99. The van der Waals surface area contributed by atoms with E-state index in [9.17, 15) is 0 Å². The van der Waals surface area contributed by atoms with Gasteiger partial charge in [0.25, 0.3) is 0 Å². The van der Waals surface area contributed by atoms with Crippen LogP contribution < -0.4 is 0 Å². The number of fused-ring (bicyclic) bond motifs is 3. The summed E-state index contributed by atoms with van der Waals surface area (Å²) in [5.41, 5.74) is 7.27. The van der Waals surface area contributed by atoms with Crippen molar-refractivity contribution in [3.05, 3.63) is 72.1 Å². The van der Waals surface area contributed by atoms with Crippen LogP contribution in [0.4, 0.5) is 0 Å². The third-order valence-electron chi connectivity index (χ3n) is 4.50. The number of rotatable bonds is 3. The number of para-hydroxylation sites is 1. The molecule has 0 amide bonds. The molecule has 0 aliphatic rings. The summed E-state index contributed by atoms with van der Waals surface area (Å²) >= 11 is 0. The van der Waals surface area contributed by atoms with Crippen molar-refractivity contribution in [1.29, 1.82) is 0 Å². The van der Waals surface area contributed by atoms with E-state index in [1.54, 1.807) is 0 Å². The molecule has 0 N–H and O–H groups in total. The second kappa shape index (κ2) is 5.54. The molecule has 2 nitrogen and oxygen atoms in total. The quantitative estimate of drug-likeness (QED) is 0.494. The molecule has 2 heterocycles. The first-order chi connectivity index (χ1) is 11.3. The SMILES string of the molecule is CCCc1nc(-c2ccccc2)cn2c1c(C)c1ccccc12. The van der Waals surface area contributed by atoms with Gasteiger partial charge in [-0.1, -0.05) is 61.9 Å². The molecule has 23 heavy (non-hydrogen) atoms. The van der Waals surface area contributed by atoms with Gasteiger partial charge < -0.3 is 4.40 Å². The predicted molar refractivity (Wildman–Crippen MR) is 96.9 cm³/mol. The van der Waals surface area contributed by atoms with Crippen LogP contribution in [0.15, 0.2) is 60.8 Å². The van der Waals surface area contributed by atoms with Gasteiger partial charge in [0.1, 0.15) is 0 Å². The highest BCUT2D eigenvalue weighted by Gasteiger charge is 2.14. The van der Waals surface area contributed by atoms with E-state index in [-0.39, 0.29) is 0 Å². The Morgan fingerprint density at radius 2 is 1.70 bits per heavy atom. The van der Waals surface area contributed by atoms with Gasteiger partial charge >= 0.3 is 0 Å². The summed E-state index contributed by atoms with van der Waals surface area (Å²) in [7, 11) is 0. The Morgan fingerprint density at radius 1 is 0.957 bits per heavy atom. The molecule has 0 radical (unpaired) electrons. The summed E-state index contributed by atoms with van der Waals surface area (Å²) in [6, 6.07) is 19.1. The topological polar surface area (TPSA) is 17.3 Å². The van der Waals surface area contributed by atoms with Crippen molar-refractivity contribution >= 4 is 16.4 Å². The highest BCUT2D eigenvalue weighted by molar-refractivity contribution is 5.93. The molecule has 4 aromatic rings. The van der Waals surface area contributed by atoms with Crippen molar-refractivity contribution < 1.29 is 0 Å². The van der Waals surface area contributed by atoms with Crippen LogP contribution in [-0.2, 0) is 6.42 Å². The normalized spacial score (nSPS) is 11.4. The molecule has 0 unspecified atom stereocenters. The Morgan fingerprint density at radius 3 is 2.48 bits per heavy atom. The van der Waals surface area contributed by atoms with Gasteiger partial charge in [0.15, 0.2) is 0 Å². The molecule has 2 aromatic heterocycles. The van der Waals surface area contributed by atoms with E-state index in [1.807, 2.05) is 6.07 Å². The van der Waals surface area contributed by atoms with E-state index in [2.05, 4.69) is 73.0 Å². The zero-order valence-electron chi connectivity index (χ0n) is 13.6. The fraction of sp³-hybridized carbons (Fsp3) is 0.190. The number of aryl methyl sites for hydroxylation is 2. The lowest BCUT2D eigenvalue weighted by Gasteiger charge is -2.09. The summed E-state index contributed by atoms with van der Waals surface area (Å²) in [6.45, 7) is 4.42. The van der Waals surface area contributed by atoms with Crippen molar-refractivity contribution in [2.75, 3.05) is 0 Å². The lowest BCUT2D eigenvalue weighted by molar-refractivity contribution is 0.882. The fourth-order valence-electron chi connectivity index (χ4n) is 3.43. The number of hydrogen-bond acceptors (Lipinski definition) is 1. The summed E-state index contributed by atoms with van der Waals surface area (Å²) in [5.74, 6) is 0. The molecule has 114 valence electrons. The Bertz CT molecular complexity index is 981. The summed E-state index contributed by atoms with van der Waals surface area (Å²) in [4.78, 5) is 5.00. The predicted octanol–water partition coefficient (Wildman–Crippen LogP) is 5.42. The lowest BCUT2D eigenvalue weighted by atomic mass is 10.1. The molecule has 2 heteroatoms. The van der Waals surface area contributed by atoms with Crippen LogP contribution in [0, 0.1) is 6.92 Å². The van der Waals surface area contributed by atoms with Crippen LogP contribution in [0.5, 0.6) is 0 Å². The first-order valence-corrected chi connectivity index (χ1v) is 8.24. The van der Waals surface area contributed by atoms with E-state index in [0.717, 1.165) is 18.5 Å². The smallest absolute Gasteiger partial charge is 0.0872 e. The van der Waals surface area contributed by atoms with E-state index < -0.39 is 0 Å². The monoisotopic (exact) mass is 300 g/mol. The van der Waals surface area contributed by atoms with Gasteiger partial charge in [-0.3, -0.25) is 0 Å². The van der Waals surface area contributed by atoms with Gasteiger partial charge in [0.2, 0.25) is 0 Å². The van der Waals surface area contributed by atoms with E-state index in [1.165, 1.54) is 33.2 Å². The van der Waals surface area contributed by atoms with Crippen molar-refractivity contribution in [1.82, 2.24) is 9.38 Å². The highest BCUT2D eigenvalue weighted by atomic mass is 14.9. The van der Waals surface area contributed by atoms with Crippen LogP contribution >= 0.6 is 0 Å². The average molecular weight is 300 g/mol. The third kappa shape index (κ3) is 2.22. The van der Waals surface area contributed by atoms with Crippen molar-refractivity contribution in [2.24, 2.45) is 0 Å². The maximum absolute atomic E-state index is 5.00. The molecule has 0 fully saturated rings.